The average molecular weight is 296 g/mol. The van der Waals surface area contributed by atoms with E-state index in [-0.39, 0.29) is 18.1 Å². The zero-order chi connectivity index (χ0) is 12.8. The minimum atomic E-state index is -0.247. The molecule has 1 rings (SSSR count). The Morgan fingerprint density at radius 3 is 2.82 bits per heavy atom. The first-order valence-corrected chi connectivity index (χ1v) is 6.18. The second-order valence-corrected chi connectivity index (χ2v) is 4.53. The second kappa shape index (κ2) is 6.41. The van der Waals surface area contributed by atoms with E-state index in [2.05, 4.69) is 22.0 Å². The molecule has 3 nitrogen and oxygen atoms in total. The lowest BCUT2D eigenvalue weighted by atomic mass is 9.93. The Bertz CT molecular complexity index is 451. The van der Waals surface area contributed by atoms with Crippen LogP contribution < -0.4 is 4.74 Å². The van der Waals surface area contributed by atoms with Gasteiger partial charge >= 0.3 is 0 Å². The van der Waals surface area contributed by atoms with Crippen LogP contribution in [0.15, 0.2) is 22.7 Å². The molecule has 0 fully saturated rings. The summed E-state index contributed by atoms with van der Waals surface area (Å²) in [5, 5.41) is 8.70. The largest absolute Gasteiger partial charge is 0.497 e. The number of ketones is 1. The standard InChI is InChI=1S/C13H14BrNO2/c1-3-9(6-7-15)13(16)11-8-10(17-2)4-5-12(11)14/h4-5,8-9H,3,6H2,1-2H3. The molecule has 0 aliphatic rings. The lowest BCUT2D eigenvalue weighted by Crippen LogP contribution is -2.14. The molecule has 1 unspecified atom stereocenters. The van der Waals surface area contributed by atoms with Crippen LogP contribution in [0.3, 0.4) is 0 Å². The number of Topliss-reactive ketones (excluding diaryl/α,β-unsaturated/α-hetero) is 1. The maximum Gasteiger partial charge on any atom is 0.168 e. The minimum Gasteiger partial charge on any atom is -0.497 e. The van der Waals surface area contributed by atoms with Crippen molar-refractivity contribution in [1.29, 1.82) is 5.26 Å². The fourth-order valence-electron chi connectivity index (χ4n) is 1.57. The summed E-state index contributed by atoms with van der Waals surface area (Å²) < 4.78 is 5.83. The van der Waals surface area contributed by atoms with Crippen LogP contribution in [-0.4, -0.2) is 12.9 Å². The zero-order valence-electron chi connectivity index (χ0n) is 9.87. The number of nitrogens with zero attached hydrogens (tertiary/aromatic N) is 1. The Kier molecular flexibility index (Phi) is 5.17. The van der Waals surface area contributed by atoms with Crippen molar-refractivity contribution in [2.75, 3.05) is 7.11 Å². The summed E-state index contributed by atoms with van der Waals surface area (Å²) in [6, 6.07) is 7.32. The topological polar surface area (TPSA) is 50.1 Å². The monoisotopic (exact) mass is 295 g/mol. The van der Waals surface area contributed by atoms with Gasteiger partial charge in [-0.3, -0.25) is 4.79 Å². The molecule has 0 radical (unpaired) electrons. The molecule has 0 aliphatic carbocycles. The van der Waals surface area contributed by atoms with Crippen LogP contribution >= 0.6 is 15.9 Å². The number of rotatable bonds is 5. The van der Waals surface area contributed by atoms with E-state index in [1.165, 1.54) is 0 Å². The first kappa shape index (κ1) is 13.7. The van der Waals surface area contributed by atoms with Crippen molar-refractivity contribution in [1.82, 2.24) is 0 Å². The number of carbonyl (C=O) groups excluding carboxylic acids is 1. The van der Waals surface area contributed by atoms with Gasteiger partial charge in [-0.1, -0.05) is 22.9 Å². The van der Waals surface area contributed by atoms with Crippen LogP contribution in [0.5, 0.6) is 5.75 Å². The van der Waals surface area contributed by atoms with E-state index < -0.39 is 0 Å². The molecule has 1 atom stereocenters. The Labute approximate surface area is 110 Å². The molecule has 0 aromatic heterocycles. The highest BCUT2D eigenvalue weighted by atomic mass is 79.9. The average Bonchev–Trinajstić information content (AvgIpc) is 2.35. The van der Waals surface area contributed by atoms with Crippen molar-refractivity contribution in [3.63, 3.8) is 0 Å². The number of hydrogen-bond acceptors (Lipinski definition) is 3. The first-order chi connectivity index (χ1) is 8.13. The van der Waals surface area contributed by atoms with Crippen LogP contribution in [0.2, 0.25) is 0 Å². The molecule has 1 aromatic carbocycles. The smallest absolute Gasteiger partial charge is 0.168 e. The van der Waals surface area contributed by atoms with Gasteiger partial charge in [-0.05, 0) is 24.6 Å². The summed E-state index contributed by atoms with van der Waals surface area (Å²) >= 11 is 3.35. The van der Waals surface area contributed by atoms with Crippen LogP contribution in [-0.2, 0) is 0 Å². The van der Waals surface area contributed by atoms with Crippen LogP contribution in [0.25, 0.3) is 0 Å². The van der Waals surface area contributed by atoms with Crippen molar-refractivity contribution in [2.45, 2.75) is 19.8 Å². The third-order valence-corrected chi connectivity index (χ3v) is 3.33. The van der Waals surface area contributed by atoms with Crippen LogP contribution in [0, 0.1) is 17.2 Å². The van der Waals surface area contributed by atoms with Gasteiger partial charge in [0.2, 0.25) is 0 Å². The minimum absolute atomic E-state index is 0.0141. The van der Waals surface area contributed by atoms with Gasteiger partial charge in [0, 0.05) is 22.4 Å². The second-order valence-electron chi connectivity index (χ2n) is 3.68. The summed E-state index contributed by atoms with van der Waals surface area (Å²) in [4.78, 5) is 12.2. The number of ether oxygens (including phenoxy) is 1. The predicted molar refractivity (Wildman–Crippen MR) is 69.0 cm³/mol. The van der Waals surface area contributed by atoms with E-state index in [0.29, 0.717) is 17.7 Å². The normalized spacial score (nSPS) is 11.6. The SMILES string of the molecule is CCC(CC#N)C(=O)c1cc(OC)ccc1Br. The number of nitriles is 1. The molecule has 0 heterocycles. The van der Waals surface area contributed by atoms with Crippen LogP contribution in [0.1, 0.15) is 30.1 Å². The third-order valence-electron chi connectivity index (χ3n) is 2.64. The highest BCUT2D eigenvalue weighted by molar-refractivity contribution is 9.10. The van der Waals surface area contributed by atoms with E-state index in [9.17, 15) is 4.79 Å². The van der Waals surface area contributed by atoms with Gasteiger partial charge in [0.25, 0.3) is 0 Å². The van der Waals surface area contributed by atoms with Gasteiger partial charge in [0.1, 0.15) is 5.75 Å². The highest BCUT2D eigenvalue weighted by Crippen LogP contribution is 2.26. The summed E-state index contributed by atoms with van der Waals surface area (Å²) in [7, 11) is 1.56. The van der Waals surface area contributed by atoms with Crippen molar-refractivity contribution in [3.05, 3.63) is 28.2 Å². The molecule has 17 heavy (non-hydrogen) atoms. The van der Waals surface area contributed by atoms with Gasteiger partial charge in [-0.15, -0.1) is 0 Å². The molecule has 0 bridgehead atoms. The number of methoxy groups -OCH3 is 1. The van der Waals surface area contributed by atoms with Crippen LogP contribution in [0.4, 0.5) is 0 Å². The Morgan fingerprint density at radius 2 is 2.29 bits per heavy atom. The third kappa shape index (κ3) is 3.31. The summed E-state index contributed by atoms with van der Waals surface area (Å²) in [6.07, 6.45) is 0.912. The van der Waals surface area contributed by atoms with Gasteiger partial charge in [-0.25, -0.2) is 0 Å². The number of hydrogen-bond donors (Lipinski definition) is 0. The Morgan fingerprint density at radius 1 is 1.59 bits per heavy atom. The Hall–Kier alpha value is -1.34. The van der Waals surface area contributed by atoms with E-state index in [1.54, 1.807) is 25.3 Å². The molecule has 0 saturated heterocycles. The number of carbonyl (C=O) groups is 1. The molecular formula is C13H14BrNO2. The van der Waals surface area contributed by atoms with E-state index >= 15 is 0 Å². The maximum atomic E-state index is 12.2. The lowest BCUT2D eigenvalue weighted by Gasteiger charge is -2.12. The summed E-state index contributed by atoms with van der Waals surface area (Å²) in [5.41, 5.74) is 0.575. The zero-order valence-corrected chi connectivity index (χ0v) is 11.5. The Balaban J connectivity index is 3.06. The quantitative estimate of drug-likeness (QED) is 0.780. The fraction of sp³-hybridized carbons (Fsp3) is 0.385. The predicted octanol–water partition coefficient (Wildman–Crippen LogP) is 3.58. The summed E-state index contributed by atoms with van der Waals surface area (Å²) in [6.45, 7) is 1.91. The molecule has 0 aliphatic heterocycles. The molecule has 1 aromatic rings. The van der Waals surface area contributed by atoms with Crippen molar-refractivity contribution in [2.24, 2.45) is 5.92 Å². The van der Waals surface area contributed by atoms with Gasteiger partial charge in [-0.2, -0.15) is 5.26 Å². The molecule has 90 valence electrons. The maximum absolute atomic E-state index is 12.2. The first-order valence-electron chi connectivity index (χ1n) is 5.38. The van der Waals surface area contributed by atoms with Gasteiger partial charge in [0.05, 0.1) is 13.2 Å². The number of benzene rings is 1. The van der Waals surface area contributed by atoms with Crippen molar-refractivity contribution >= 4 is 21.7 Å². The molecule has 0 amide bonds. The number of halogens is 1. The molecule has 4 heteroatoms. The van der Waals surface area contributed by atoms with Gasteiger partial charge in [0.15, 0.2) is 5.78 Å². The van der Waals surface area contributed by atoms with E-state index in [0.717, 1.165) is 4.47 Å². The molecule has 0 spiro atoms. The fourth-order valence-corrected chi connectivity index (χ4v) is 2.01. The molecule has 0 N–H and O–H groups in total. The van der Waals surface area contributed by atoms with E-state index in [4.69, 9.17) is 10.00 Å². The van der Waals surface area contributed by atoms with Crippen molar-refractivity contribution < 1.29 is 9.53 Å². The summed E-state index contributed by atoms with van der Waals surface area (Å²) in [5.74, 6) is 0.381. The van der Waals surface area contributed by atoms with Crippen molar-refractivity contribution in [3.8, 4) is 11.8 Å². The molecule has 0 saturated carbocycles. The van der Waals surface area contributed by atoms with Gasteiger partial charge < -0.3 is 4.74 Å². The molecular weight excluding hydrogens is 282 g/mol. The lowest BCUT2D eigenvalue weighted by molar-refractivity contribution is 0.0917. The van der Waals surface area contributed by atoms with E-state index in [1.807, 2.05) is 6.92 Å². The highest BCUT2D eigenvalue weighted by Gasteiger charge is 2.20.